The highest BCUT2D eigenvalue weighted by Gasteiger charge is 2.04. The van der Waals surface area contributed by atoms with Crippen molar-refractivity contribution in [1.82, 2.24) is 15.3 Å². The second-order valence-corrected chi connectivity index (χ2v) is 2.46. The van der Waals surface area contributed by atoms with Crippen LogP contribution < -0.4 is 5.32 Å². The van der Waals surface area contributed by atoms with Crippen molar-refractivity contribution in [2.24, 2.45) is 0 Å². The summed E-state index contributed by atoms with van der Waals surface area (Å²) in [6.45, 7) is 0. The Kier molecular flexibility index (Phi) is 1.76. The Morgan fingerprint density at radius 3 is 2.73 bits per heavy atom. The summed E-state index contributed by atoms with van der Waals surface area (Å²) in [5.74, 6) is -0.671. The van der Waals surface area contributed by atoms with Crippen molar-refractivity contribution in [3.8, 4) is 0 Å². The van der Waals surface area contributed by atoms with Gasteiger partial charge >= 0.3 is 0 Å². The number of amides is 1. The molecule has 0 unspecified atom stereocenters. The molecule has 58 valence electrons. The number of nitrogens with one attached hydrogen (secondary N) is 1. The molecule has 0 spiro atoms. The molecule has 0 aromatic carbocycles. The van der Waals surface area contributed by atoms with Crippen molar-refractivity contribution >= 4 is 21.8 Å². The Balaban J connectivity index is 3.20. The van der Waals surface area contributed by atoms with E-state index in [1.165, 1.54) is 7.05 Å². The van der Waals surface area contributed by atoms with E-state index >= 15 is 0 Å². The van der Waals surface area contributed by atoms with Crippen molar-refractivity contribution in [3.05, 3.63) is 22.6 Å². The minimum atomic E-state index is -0.505. The van der Waals surface area contributed by atoms with Gasteiger partial charge in [0.2, 0.25) is 5.82 Å². The molecular weight excluding hydrogens is 210 g/mol. The fourth-order valence-electron chi connectivity index (χ4n) is 0.467. The van der Waals surface area contributed by atoms with Gasteiger partial charge in [0.25, 0.3) is 5.91 Å². The highest BCUT2D eigenvalue weighted by Crippen LogP contribution is 2.03. The summed E-state index contributed by atoms with van der Waals surface area (Å²) in [4.78, 5) is 18.2. The van der Waals surface area contributed by atoms with Crippen molar-refractivity contribution in [1.29, 1.82) is 0 Å². The van der Waals surface area contributed by atoms with Crippen molar-refractivity contribution < 1.29 is 7.54 Å². The number of rotatable bonds is 1. The maximum Gasteiger partial charge on any atom is 0.288 e. The second-order valence-electron chi connectivity index (χ2n) is 1.66. The highest BCUT2D eigenvalue weighted by atomic mass is 79.9. The quantitative estimate of drug-likeness (QED) is 0.750. The molecule has 0 atom stereocenters. The van der Waals surface area contributed by atoms with Gasteiger partial charge in [-0.1, -0.05) is 0 Å². The van der Waals surface area contributed by atoms with Gasteiger partial charge in [-0.3, -0.25) is 4.79 Å². The Bertz CT molecular complexity index is 335. The molecule has 1 rings (SSSR count). The zero-order chi connectivity index (χ0) is 10.0. The maximum atomic E-state index is 11.0. The van der Waals surface area contributed by atoms with E-state index in [4.69, 9.17) is 2.74 Å². The Hall–Kier alpha value is -0.970. The van der Waals surface area contributed by atoms with Gasteiger partial charge < -0.3 is 5.32 Å². The first kappa shape index (κ1) is 5.65. The van der Waals surface area contributed by atoms with Gasteiger partial charge in [-0.2, -0.15) is 0 Å². The van der Waals surface area contributed by atoms with E-state index < -0.39 is 5.91 Å². The van der Waals surface area contributed by atoms with Crippen LogP contribution in [0.2, 0.25) is 0 Å². The number of aromatic nitrogens is 2. The predicted molar refractivity (Wildman–Crippen MR) is 43.1 cm³/mol. The average molecular weight is 218 g/mol. The molecular formula is C6H6BrN3O. The second kappa shape index (κ2) is 3.43. The van der Waals surface area contributed by atoms with Crippen LogP contribution in [0.1, 0.15) is 13.4 Å². The lowest BCUT2D eigenvalue weighted by atomic mass is 10.5. The van der Waals surface area contributed by atoms with Gasteiger partial charge in [-0.15, -0.1) is 0 Å². The molecule has 4 nitrogen and oxygen atoms in total. The number of hydrogen-bond donors (Lipinski definition) is 1. The van der Waals surface area contributed by atoms with Gasteiger partial charge in [-0.05, 0) is 15.9 Å². The highest BCUT2D eigenvalue weighted by molar-refractivity contribution is 9.10. The maximum absolute atomic E-state index is 11.0. The van der Waals surface area contributed by atoms with Gasteiger partial charge in [0.15, 0.2) is 0 Å². The molecule has 0 aliphatic carbocycles. The summed E-state index contributed by atoms with van der Waals surface area (Å²) < 4.78 is 14.7. The zero-order valence-electron chi connectivity index (χ0n) is 7.68. The van der Waals surface area contributed by atoms with E-state index in [1.54, 1.807) is 0 Å². The number of nitrogens with zero attached hydrogens (tertiary/aromatic N) is 2. The van der Waals surface area contributed by atoms with Crippen molar-refractivity contribution in [2.45, 2.75) is 0 Å². The number of halogens is 1. The minimum absolute atomic E-state index is 0.166. The van der Waals surface area contributed by atoms with Gasteiger partial charge in [0, 0.05) is 19.4 Å². The van der Waals surface area contributed by atoms with Gasteiger partial charge in [-0.25, -0.2) is 9.97 Å². The molecule has 5 heteroatoms. The van der Waals surface area contributed by atoms with E-state index in [2.05, 4.69) is 31.2 Å². The first-order valence-electron chi connectivity index (χ1n) is 3.79. The number of carbonyl (C=O) groups is 1. The summed E-state index contributed by atoms with van der Waals surface area (Å²) in [6, 6.07) is 0. The molecule has 0 bridgehead atoms. The summed E-state index contributed by atoms with van der Waals surface area (Å²) in [5.41, 5.74) is 0. The van der Waals surface area contributed by atoms with E-state index in [0.717, 1.165) is 0 Å². The third-order valence-electron chi connectivity index (χ3n) is 0.950. The van der Waals surface area contributed by atoms with Crippen LogP contribution in [-0.4, -0.2) is 22.9 Å². The first-order chi connectivity index (χ1) is 6.06. The fourth-order valence-corrected chi connectivity index (χ4v) is 0.645. The fraction of sp³-hybridized carbons (Fsp3) is 0.167. The molecule has 1 amide bonds. The number of carbonyl (C=O) groups excluding carboxylic acids is 1. The molecule has 1 heterocycles. The van der Waals surface area contributed by atoms with E-state index in [9.17, 15) is 4.79 Å². The molecule has 1 aromatic rings. The Morgan fingerprint density at radius 1 is 1.73 bits per heavy atom. The van der Waals surface area contributed by atoms with Crippen LogP contribution in [0.25, 0.3) is 0 Å². The lowest BCUT2D eigenvalue weighted by Crippen LogP contribution is -2.20. The summed E-state index contributed by atoms with van der Waals surface area (Å²) >= 11 is 2.95. The summed E-state index contributed by atoms with van der Waals surface area (Å²) in [7, 11) is 1.43. The standard InChI is InChI=1S/C6H6BrN3O/c1-8-6(11)5-9-2-4(7)3-10-5/h2-3H,1H3,(H,8,11)/i2D,3D. The smallest absolute Gasteiger partial charge is 0.288 e. The van der Waals surface area contributed by atoms with Crippen LogP contribution in [0.3, 0.4) is 0 Å². The Labute approximate surface area is 75.0 Å². The normalized spacial score (nSPS) is 11.8. The molecule has 0 saturated carbocycles. The van der Waals surface area contributed by atoms with E-state index in [1.807, 2.05) is 0 Å². The third kappa shape index (κ3) is 1.98. The molecule has 0 fully saturated rings. The monoisotopic (exact) mass is 217 g/mol. The van der Waals surface area contributed by atoms with Crippen LogP contribution in [0, 0.1) is 0 Å². The minimum Gasteiger partial charge on any atom is -0.352 e. The summed E-state index contributed by atoms with van der Waals surface area (Å²) in [5, 5.41) is 2.31. The van der Waals surface area contributed by atoms with Crippen LogP contribution in [0.5, 0.6) is 0 Å². The van der Waals surface area contributed by atoms with Crippen LogP contribution in [0.4, 0.5) is 0 Å². The van der Waals surface area contributed by atoms with Gasteiger partial charge in [0.1, 0.15) is 0 Å². The van der Waals surface area contributed by atoms with Crippen LogP contribution >= 0.6 is 15.9 Å². The predicted octanol–water partition coefficient (Wildman–Crippen LogP) is 0.599. The SMILES string of the molecule is [2H]c1nc(C(=O)NC)nc([2H])c1Br. The molecule has 0 aliphatic rings. The third-order valence-corrected chi connectivity index (χ3v) is 1.30. The lowest BCUT2D eigenvalue weighted by Gasteiger charge is -1.95. The molecule has 1 N–H and O–H groups in total. The van der Waals surface area contributed by atoms with Gasteiger partial charge in [0.05, 0.1) is 7.21 Å². The molecule has 0 saturated heterocycles. The first-order valence-corrected chi connectivity index (χ1v) is 3.58. The molecule has 0 radical (unpaired) electrons. The van der Waals surface area contributed by atoms with E-state index in [0.29, 0.717) is 0 Å². The van der Waals surface area contributed by atoms with Crippen molar-refractivity contribution in [3.63, 3.8) is 0 Å². The Morgan fingerprint density at radius 2 is 2.27 bits per heavy atom. The largest absolute Gasteiger partial charge is 0.352 e. The molecule has 11 heavy (non-hydrogen) atoms. The van der Waals surface area contributed by atoms with Crippen LogP contribution in [-0.2, 0) is 0 Å². The average Bonchev–Trinajstić information content (AvgIpc) is 2.12. The van der Waals surface area contributed by atoms with Crippen molar-refractivity contribution in [2.75, 3.05) is 7.05 Å². The number of hydrogen-bond acceptors (Lipinski definition) is 3. The zero-order valence-corrected chi connectivity index (χ0v) is 7.27. The molecule has 0 aliphatic heterocycles. The summed E-state index contributed by atoms with van der Waals surface area (Å²) in [6.07, 6.45) is -0.336. The van der Waals surface area contributed by atoms with E-state index in [-0.39, 0.29) is 22.6 Å². The topological polar surface area (TPSA) is 54.9 Å². The molecule has 1 aromatic heterocycles. The lowest BCUT2D eigenvalue weighted by molar-refractivity contribution is 0.0952. The van der Waals surface area contributed by atoms with Crippen LogP contribution in [0.15, 0.2) is 16.8 Å².